The molecule has 0 aliphatic carbocycles. The first-order valence-electron chi connectivity index (χ1n) is 9.65. The van der Waals surface area contributed by atoms with Crippen molar-refractivity contribution in [3.05, 3.63) is 42.1 Å². The minimum absolute atomic E-state index is 0.208. The van der Waals surface area contributed by atoms with Crippen LogP contribution in [0.3, 0.4) is 0 Å². The number of aromatic nitrogens is 4. The van der Waals surface area contributed by atoms with E-state index in [2.05, 4.69) is 11.9 Å². The number of imidazole rings is 2. The molecule has 28 heavy (non-hydrogen) atoms. The Morgan fingerprint density at radius 2 is 2.14 bits per heavy atom. The van der Waals surface area contributed by atoms with Gasteiger partial charge in [0.2, 0.25) is 0 Å². The van der Waals surface area contributed by atoms with Crippen molar-refractivity contribution in [1.29, 1.82) is 0 Å². The number of aryl methyl sites for hydroxylation is 2. The first-order valence-corrected chi connectivity index (χ1v) is 9.65. The van der Waals surface area contributed by atoms with E-state index in [1.165, 1.54) is 0 Å². The third kappa shape index (κ3) is 3.21. The number of hydrogen-bond acceptors (Lipinski definition) is 5. The molecule has 7 heteroatoms. The summed E-state index contributed by atoms with van der Waals surface area (Å²) < 4.78 is 13.2. The van der Waals surface area contributed by atoms with Crippen LogP contribution >= 0.6 is 0 Å². The van der Waals surface area contributed by atoms with Crippen LogP contribution in [0.15, 0.2) is 30.6 Å². The van der Waals surface area contributed by atoms with E-state index in [1.54, 1.807) is 13.4 Å². The van der Waals surface area contributed by atoms with Crippen LogP contribution in [0.5, 0.6) is 5.75 Å². The number of para-hydroxylation sites is 1. The molecule has 1 fully saturated rings. The predicted molar refractivity (Wildman–Crippen MR) is 106 cm³/mol. The van der Waals surface area contributed by atoms with Crippen LogP contribution in [0.25, 0.3) is 22.6 Å². The molecule has 3 aromatic rings. The first kappa shape index (κ1) is 18.7. The maximum atomic E-state index is 10.6. The van der Waals surface area contributed by atoms with Crippen LogP contribution < -0.4 is 4.74 Å². The number of H-pyrrole nitrogens is 1. The minimum Gasteiger partial charge on any atom is -0.496 e. The van der Waals surface area contributed by atoms with Crippen molar-refractivity contribution in [3.8, 4) is 28.4 Å². The lowest BCUT2D eigenvalue weighted by molar-refractivity contribution is -0.0285. The Bertz CT molecular complexity index is 962. The van der Waals surface area contributed by atoms with Crippen LogP contribution in [0, 0.1) is 6.92 Å². The summed E-state index contributed by atoms with van der Waals surface area (Å²) in [4.78, 5) is 12.9. The fraction of sp³-hybridized carbons (Fsp3) is 0.429. The lowest BCUT2D eigenvalue weighted by atomic mass is 10.0. The van der Waals surface area contributed by atoms with Gasteiger partial charge in [-0.1, -0.05) is 19.1 Å². The molecule has 0 unspecified atom stereocenters. The zero-order valence-electron chi connectivity index (χ0n) is 16.5. The Kier molecular flexibility index (Phi) is 5.19. The van der Waals surface area contributed by atoms with Gasteiger partial charge < -0.3 is 24.1 Å². The van der Waals surface area contributed by atoms with E-state index in [-0.39, 0.29) is 6.04 Å². The molecular weight excluding hydrogens is 356 g/mol. The highest BCUT2D eigenvalue weighted by Gasteiger charge is 2.31. The van der Waals surface area contributed by atoms with Gasteiger partial charge in [-0.05, 0) is 25.5 Å². The van der Waals surface area contributed by atoms with Gasteiger partial charge in [-0.25, -0.2) is 9.97 Å². The molecule has 1 aromatic carbocycles. The number of aliphatic hydroxyl groups is 1. The van der Waals surface area contributed by atoms with Gasteiger partial charge in [-0.15, -0.1) is 0 Å². The number of methoxy groups -OCH3 is 1. The fourth-order valence-corrected chi connectivity index (χ4v) is 3.78. The Labute approximate surface area is 164 Å². The van der Waals surface area contributed by atoms with Gasteiger partial charge in [0.25, 0.3) is 0 Å². The van der Waals surface area contributed by atoms with Gasteiger partial charge in [-0.2, -0.15) is 0 Å². The Morgan fingerprint density at radius 3 is 2.86 bits per heavy atom. The predicted octanol–water partition coefficient (Wildman–Crippen LogP) is 3.14. The van der Waals surface area contributed by atoms with E-state index in [4.69, 9.17) is 19.4 Å². The number of benzene rings is 1. The van der Waals surface area contributed by atoms with Crippen LogP contribution in [0.4, 0.5) is 0 Å². The average Bonchev–Trinajstić information content (AvgIpc) is 3.31. The van der Waals surface area contributed by atoms with Crippen LogP contribution in [0.1, 0.15) is 30.9 Å². The van der Waals surface area contributed by atoms with Crippen molar-refractivity contribution in [1.82, 2.24) is 19.5 Å². The number of aromatic amines is 1. The summed E-state index contributed by atoms with van der Waals surface area (Å²) >= 11 is 0. The molecule has 0 amide bonds. The molecule has 0 bridgehead atoms. The Morgan fingerprint density at radius 1 is 1.32 bits per heavy atom. The SMILES string of the molecule is CCc1nc(-c2c(-c3ccccc3OC)ncn2[C@@H]2COCC[C@H]2O)c(C)[nH]1. The van der Waals surface area contributed by atoms with E-state index in [1.807, 2.05) is 35.8 Å². The lowest BCUT2D eigenvalue weighted by Crippen LogP contribution is -2.34. The Hall–Kier alpha value is -2.64. The van der Waals surface area contributed by atoms with Gasteiger partial charge in [0, 0.05) is 24.3 Å². The third-order valence-corrected chi connectivity index (χ3v) is 5.30. The fourth-order valence-electron chi connectivity index (χ4n) is 3.78. The summed E-state index contributed by atoms with van der Waals surface area (Å²) in [5.41, 5.74) is 4.36. The van der Waals surface area contributed by atoms with Gasteiger partial charge in [-0.3, -0.25) is 0 Å². The van der Waals surface area contributed by atoms with E-state index in [9.17, 15) is 5.11 Å². The van der Waals surface area contributed by atoms with E-state index in [0.29, 0.717) is 19.6 Å². The molecule has 1 aliphatic heterocycles. The molecule has 0 saturated carbocycles. The summed E-state index contributed by atoms with van der Waals surface area (Å²) in [5.74, 6) is 1.67. The maximum absolute atomic E-state index is 10.6. The van der Waals surface area contributed by atoms with Gasteiger partial charge in [0.1, 0.15) is 23.0 Å². The molecule has 4 rings (SSSR count). The van der Waals surface area contributed by atoms with Gasteiger partial charge in [0.05, 0.1) is 37.9 Å². The second kappa shape index (κ2) is 7.77. The highest BCUT2D eigenvalue weighted by Crippen LogP contribution is 2.39. The summed E-state index contributed by atoms with van der Waals surface area (Å²) in [6.45, 7) is 5.10. The molecule has 7 nitrogen and oxygen atoms in total. The molecule has 2 N–H and O–H groups in total. The highest BCUT2D eigenvalue weighted by atomic mass is 16.5. The number of nitrogens with zero attached hydrogens (tertiary/aromatic N) is 3. The molecule has 3 heterocycles. The number of ether oxygens (including phenoxy) is 2. The van der Waals surface area contributed by atoms with Crippen molar-refractivity contribution >= 4 is 0 Å². The second-order valence-corrected chi connectivity index (χ2v) is 7.06. The van der Waals surface area contributed by atoms with E-state index < -0.39 is 6.10 Å². The zero-order valence-corrected chi connectivity index (χ0v) is 16.5. The summed E-state index contributed by atoms with van der Waals surface area (Å²) in [5, 5.41) is 10.6. The lowest BCUT2D eigenvalue weighted by Gasteiger charge is -2.30. The number of nitrogens with one attached hydrogen (secondary N) is 1. The maximum Gasteiger partial charge on any atom is 0.128 e. The average molecular weight is 382 g/mol. The smallest absolute Gasteiger partial charge is 0.128 e. The van der Waals surface area contributed by atoms with E-state index >= 15 is 0 Å². The molecule has 2 atom stereocenters. The normalized spacial score (nSPS) is 19.7. The minimum atomic E-state index is -0.489. The quantitative estimate of drug-likeness (QED) is 0.708. The molecule has 0 radical (unpaired) electrons. The van der Waals surface area contributed by atoms with Crippen LogP contribution in [-0.4, -0.2) is 51.1 Å². The zero-order chi connectivity index (χ0) is 19.7. The van der Waals surface area contributed by atoms with Gasteiger partial charge in [0.15, 0.2) is 0 Å². The topological polar surface area (TPSA) is 85.2 Å². The van der Waals surface area contributed by atoms with Crippen molar-refractivity contribution in [2.45, 2.75) is 38.8 Å². The largest absolute Gasteiger partial charge is 0.496 e. The van der Waals surface area contributed by atoms with Crippen LogP contribution in [0.2, 0.25) is 0 Å². The molecular formula is C21H26N4O3. The van der Waals surface area contributed by atoms with Crippen molar-refractivity contribution < 1.29 is 14.6 Å². The molecule has 1 aliphatic rings. The highest BCUT2D eigenvalue weighted by molar-refractivity contribution is 5.81. The summed E-state index contributed by atoms with van der Waals surface area (Å²) in [7, 11) is 1.66. The number of aliphatic hydroxyl groups excluding tert-OH is 1. The molecule has 2 aromatic heterocycles. The van der Waals surface area contributed by atoms with Crippen molar-refractivity contribution in [2.24, 2.45) is 0 Å². The van der Waals surface area contributed by atoms with Crippen LogP contribution in [-0.2, 0) is 11.2 Å². The molecule has 1 saturated heterocycles. The molecule has 0 spiro atoms. The van der Waals surface area contributed by atoms with Crippen molar-refractivity contribution in [2.75, 3.05) is 20.3 Å². The third-order valence-electron chi connectivity index (χ3n) is 5.30. The monoisotopic (exact) mass is 382 g/mol. The Balaban J connectivity index is 1.93. The van der Waals surface area contributed by atoms with E-state index in [0.717, 1.165) is 46.3 Å². The summed E-state index contributed by atoms with van der Waals surface area (Å²) in [6, 6.07) is 7.61. The summed E-state index contributed by atoms with van der Waals surface area (Å²) in [6.07, 6.45) is 2.71. The second-order valence-electron chi connectivity index (χ2n) is 7.06. The van der Waals surface area contributed by atoms with Gasteiger partial charge >= 0.3 is 0 Å². The number of rotatable bonds is 5. The standard InChI is InChI=1S/C21H26N4O3/c1-4-18-23-13(2)19(24-18)21-20(14-7-5-6-8-17(14)27-3)22-12-25(21)15-11-28-10-9-16(15)26/h5-8,12,15-16,26H,4,9-11H2,1-3H3,(H,23,24)/t15-,16-/m1/s1. The van der Waals surface area contributed by atoms with Crippen molar-refractivity contribution in [3.63, 3.8) is 0 Å². The number of hydrogen-bond donors (Lipinski definition) is 2. The first-order chi connectivity index (χ1) is 13.6. The molecule has 148 valence electrons.